The van der Waals surface area contributed by atoms with Crippen molar-refractivity contribution in [3.8, 4) is 0 Å². The highest BCUT2D eigenvalue weighted by atomic mass is 32.2. The summed E-state index contributed by atoms with van der Waals surface area (Å²) in [7, 11) is -3.36. The molecule has 17 heavy (non-hydrogen) atoms. The lowest BCUT2D eigenvalue weighted by Crippen LogP contribution is -2.47. The smallest absolute Gasteiger partial charge is 0.277 e. The lowest BCUT2D eigenvalue weighted by Gasteiger charge is -2.24. The second-order valence-electron chi connectivity index (χ2n) is 5.73. The second-order valence-corrected chi connectivity index (χ2v) is 7.23. The molecule has 1 aliphatic heterocycles. The van der Waals surface area contributed by atoms with Crippen molar-refractivity contribution in [1.29, 1.82) is 0 Å². The molecule has 0 unspecified atom stereocenters. The van der Waals surface area contributed by atoms with Crippen molar-refractivity contribution in [2.75, 3.05) is 19.6 Å². The van der Waals surface area contributed by atoms with E-state index in [1.165, 1.54) is 0 Å². The molecular formula is C11H25N3O2S. The van der Waals surface area contributed by atoms with E-state index in [2.05, 4.69) is 14.8 Å². The molecule has 6 heteroatoms. The molecule has 0 saturated carbocycles. The molecule has 5 nitrogen and oxygen atoms in total. The van der Waals surface area contributed by atoms with E-state index < -0.39 is 15.7 Å². The maximum atomic E-state index is 11.7. The molecule has 0 spiro atoms. The molecule has 1 rings (SSSR count). The molecule has 1 heterocycles. The average Bonchev–Trinajstić information content (AvgIpc) is 2.15. The SMILES string of the molecule is CC(C)(C)NS(=O)(=O)NCCC1CCNCC1. The van der Waals surface area contributed by atoms with Gasteiger partial charge >= 0.3 is 0 Å². The van der Waals surface area contributed by atoms with Gasteiger partial charge in [0.1, 0.15) is 0 Å². The van der Waals surface area contributed by atoms with Crippen molar-refractivity contribution >= 4 is 10.2 Å². The number of piperidine rings is 1. The van der Waals surface area contributed by atoms with Crippen LogP contribution in [-0.2, 0) is 10.2 Å². The van der Waals surface area contributed by atoms with Crippen molar-refractivity contribution in [3.63, 3.8) is 0 Å². The van der Waals surface area contributed by atoms with E-state index in [0.717, 1.165) is 32.4 Å². The molecule has 0 amide bonds. The van der Waals surface area contributed by atoms with Gasteiger partial charge in [0.2, 0.25) is 0 Å². The van der Waals surface area contributed by atoms with Crippen molar-refractivity contribution in [1.82, 2.24) is 14.8 Å². The summed E-state index contributed by atoms with van der Waals surface area (Å²) in [6.07, 6.45) is 3.22. The monoisotopic (exact) mass is 263 g/mol. The third kappa shape index (κ3) is 6.98. The Morgan fingerprint density at radius 2 is 1.82 bits per heavy atom. The summed E-state index contributed by atoms with van der Waals surface area (Å²) in [4.78, 5) is 0. The first kappa shape index (κ1) is 14.9. The van der Waals surface area contributed by atoms with Gasteiger partial charge in [0.05, 0.1) is 0 Å². The van der Waals surface area contributed by atoms with Crippen LogP contribution in [0.2, 0.25) is 0 Å². The molecule has 0 bridgehead atoms. The number of hydrogen-bond donors (Lipinski definition) is 3. The van der Waals surface area contributed by atoms with Gasteiger partial charge in [-0.2, -0.15) is 13.1 Å². The average molecular weight is 263 g/mol. The Labute approximate surface area is 105 Å². The minimum absolute atomic E-state index is 0.430. The summed E-state index contributed by atoms with van der Waals surface area (Å²) >= 11 is 0. The zero-order chi connectivity index (χ0) is 12.9. The first-order valence-electron chi connectivity index (χ1n) is 6.28. The Kier molecular flexibility index (Phi) is 5.37. The molecule has 0 aromatic heterocycles. The minimum atomic E-state index is -3.36. The number of nitrogens with one attached hydrogen (secondary N) is 3. The number of rotatable bonds is 5. The summed E-state index contributed by atoms with van der Waals surface area (Å²) in [5.41, 5.74) is -0.430. The fourth-order valence-electron chi connectivity index (χ4n) is 2.01. The standard InChI is InChI=1S/C11H25N3O2S/c1-11(2,3)14-17(15,16)13-9-6-10-4-7-12-8-5-10/h10,12-14H,4-9H2,1-3H3. The van der Waals surface area contributed by atoms with Gasteiger partial charge in [-0.1, -0.05) is 0 Å². The normalized spacial score (nSPS) is 19.5. The Hall–Kier alpha value is -0.170. The van der Waals surface area contributed by atoms with Gasteiger partial charge in [0.15, 0.2) is 0 Å². The van der Waals surface area contributed by atoms with E-state index in [-0.39, 0.29) is 0 Å². The summed E-state index contributed by atoms with van der Waals surface area (Å²) in [5, 5.41) is 3.30. The van der Waals surface area contributed by atoms with E-state index in [1.807, 2.05) is 20.8 Å². The van der Waals surface area contributed by atoms with E-state index in [1.54, 1.807) is 0 Å². The predicted molar refractivity (Wildman–Crippen MR) is 70.0 cm³/mol. The zero-order valence-corrected chi connectivity index (χ0v) is 11.9. The fraction of sp³-hybridized carbons (Fsp3) is 1.00. The van der Waals surface area contributed by atoms with Gasteiger partial charge in [0.25, 0.3) is 10.2 Å². The number of hydrogen-bond acceptors (Lipinski definition) is 3. The molecule has 1 saturated heterocycles. The third-order valence-electron chi connectivity index (χ3n) is 2.74. The van der Waals surface area contributed by atoms with Crippen LogP contribution in [0.5, 0.6) is 0 Å². The van der Waals surface area contributed by atoms with Crippen molar-refractivity contribution in [2.45, 2.75) is 45.6 Å². The molecule has 0 radical (unpaired) electrons. The van der Waals surface area contributed by atoms with Crippen LogP contribution in [0.4, 0.5) is 0 Å². The molecule has 1 aliphatic rings. The maximum Gasteiger partial charge on any atom is 0.277 e. The van der Waals surface area contributed by atoms with Gasteiger partial charge in [-0.15, -0.1) is 0 Å². The summed E-state index contributed by atoms with van der Waals surface area (Å²) < 4.78 is 28.5. The van der Waals surface area contributed by atoms with E-state index in [0.29, 0.717) is 12.5 Å². The summed E-state index contributed by atoms with van der Waals surface area (Å²) in [6.45, 7) is 8.13. The highest BCUT2D eigenvalue weighted by Gasteiger charge is 2.20. The predicted octanol–water partition coefficient (Wildman–Crippen LogP) is 0.599. The topological polar surface area (TPSA) is 70.2 Å². The van der Waals surface area contributed by atoms with Crippen molar-refractivity contribution in [2.24, 2.45) is 5.92 Å². The van der Waals surface area contributed by atoms with Gasteiger partial charge in [-0.25, -0.2) is 4.72 Å². The fourth-order valence-corrected chi connectivity index (χ4v) is 3.27. The van der Waals surface area contributed by atoms with Gasteiger partial charge in [0, 0.05) is 12.1 Å². The Bertz CT molecular complexity index is 316. The van der Waals surface area contributed by atoms with Crippen molar-refractivity contribution in [3.05, 3.63) is 0 Å². The Morgan fingerprint density at radius 1 is 1.24 bits per heavy atom. The maximum absolute atomic E-state index is 11.7. The molecule has 102 valence electrons. The van der Waals surface area contributed by atoms with E-state index in [4.69, 9.17) is 0 Å². The summed E-state index contributed by atoms with van der Waals surface area (Å²) in [6, 6.07) is 0. The van der Waals surface area contributed by atoms with E-state index in [9.17, 15) is 8.42 Å². The highest BCUT2D eigenvalue weighted by Crippen LogP contribution is 2.14. The van der Waals surface area contributed by atoms with Crippen molar-refractivity contribution < 1.29 is 8.42 Å². The largest absolute Gasteiger partial charge is 0.317 e. The highest BCUT2D eigenvalue weighted by molar-refractivity contribution is 7.87. The third-order valence-corrected chi connectivity index (χ3v) is 4.21. The van der Waals surface area contributed by atoms with Crippen LogP contribution in [0.15, 0.2) is 0 Å². The molecule has 0 aromatic carbocycles. The van der Waals surface area contributed by atoms with Crippen LogP contribution in [0, 0.1) is 5.92 Å². The van der Waals surface area contributed by atoms with Crippen LogP contribution >= 0.6 is 0 Å². The molecule has 0 aromatic rings. The van der Waals surface area contributed by atoms with E-state index >= 15 is 0 Å². The first-order valence-corrected chi connectivity index (χ1v) is 7.76. The van der Waals surface area contributed by atoms with Crippen LogP contribution in [0.25, 0.3) is 0 Å². The van der Waals surface area contributed by atoms with Crippen LogP contribution in [-0.4, -0.2) is 33.6 Å². The van der Waals surface area contributed by atoms with Gasteiger partial charge in [-0.05, 0) is 59.0 Å². The quantitative estimate of drug-likeness (QED) is 0.680. The minimum Gasteiger partial charge on any atom is -0.317 e. The lowest BCUT2D eigenvalue weighted by molar-refractivity contribution is 0.354. The van der Waals surface area contributed by atoms with Gasteiger partial charge in [-0.3, -0.25) is 0 Å². The second kappa shape index (κ2) is 6.13. The van der Waals surface area contributed by atoms with Gasteiger partial charge < -0.3 is 5.32 Å². The molecule has 0 atom stereocenters. The lowest BCUT2D eigenvalue weighted by atomic mass is 9.95. The summed E-state index contributed by atoms with van der Waals surface area (Å²) in [5.74, 6) is 0.647. The Morgan fingerprint density at radius 3 is 2.35 bits per heavy atom. The van der Waals surface area contributed by atoms with Crippen LogP contribution in [0.1, 0.15) is 40.0 Å². The van der Waals surface area contributed by atoms with Crippen LogP contribution in [0.3, 0.4) is 0 Å². The Balaban J connectivity index is 2.25. The first-order chi connectivity index (χ1) is 7.79. The zero-order valence-electron chi connectivity index (χ0n) is 11.0. The molecular weight excluding hydrogens is 238 g/mol. The molecule has 1 fully saturated rings. The molecule has 3 N–H and O–H groups in total. The van der Waals surface area contributed by atoms with Crippen LogP contribution < -0.4 is 14.8 Å². The molecule has 0 aliphatic carbocycles.